The number of hydrogen-bond donors (Lipinski definition) is 3. The Bertz CT molecular complexity index is 1130. The highest BCUT2D eigenvalue weighted by atomic mass is 127. The fourth-order valence-electron chi connectivity index (χ4n) is 4.89. The van der Waals surface area contributed by atoms with Gasteiger partial charge in [-0.25, -0.2) is 3.11 Å². The highest BCUT2D eigenvalue weighted by Crippen LogP contribution is 2.36. The zero-order valence-electron chi connectivity index (χ0n) is 21.4. The van der Waals surface area contributed by atoms with E-state index in [0.29, 0.717) is 18.9 Å². The minimum Gasteiger partial charge on any atom is -0.508 e. The van der Waals surface area contributed by atoms with Crippen LogP contribution in [-0.4, -0.2) is 52.7 Å². The van der Waals surface area contributed by atoms with Crippen LogP contribution in [0.25, 0.3) is 11.1 Å². The average Bonchev–Trinajstić information content (AvgIpc) is 3.32. The Balaban J connectivity index is 1.53. The molecule has 37 heavy (non-hydrogen) atoms. The van der Waals surface area contributed by atoms with Crippen LogP contribution in [0.3, 0.4) is 0 Å². The molecular formula is C31H37IN2O3. The summed E-state index contributed by atoms with van der Waals surface area (Å²) in [6.07, 6.45) is 1.42. The lowest BCUT2D eigenvalue weighted by Gasteiger charge is -2.21. The standard InChI is InChI=1S/C31H37IN2O3/c1-23-20-33-21-27(23)22-34(32)17-19-37-29-15-11-26(12-16-29)31(25-9-13-28(36)14-10-25)30(8-5-18-35)24-6-3-2-4-7-24/h2-4,6-7,9-16,23,27,33,35-36H,5,8,17-22H2,1H3/b31-30-/t23-,27-/m0/s1. The Hall–Kier alpha value is -2.39. The van der Waals surface area contributed by atoms with E-state index in [9.17, 15) is 10.2 Å². The summed E-state index contributed by atoms with van der Waals surface area (Å²) in [5, 5.41) is 23.0. The van der Waals surface area contributed by atoms with E-state index in [1.807, 2.05) is 42.5 Å². The van der Waals surface area contributed by atoms with Crippen LogP contribution in [0.15, 0.2) is 78.9 Å². The molecule has 1 saturated heterocycles. The van der Waals surface area contributed by atoms with E-state index < -0.39 is 0 Å². The first kappa shape index (κ1) is 27.6. The number of benzene rings is 3. The van der Waals surface area contributed by atoms with E-state index in [1.54, 1.807) is 12.1 Å². The SMILES string of the molecule is C[C@H]1CNC[C@H]1CN(I)CCOc1ccc(/C(=C(/CCCO)c2ccccc2)c2ccc(O)cc2)cc1. The molecule has 1 aliphatic rings. The minimum atomic E-state index is 0.135. The van der Waals surface area contributed by atoms with Crippen molar-refractivity contribution in [2.24, 2.45) is 11.8 Å². The molecule has 2 atom stereocenters. The number of hydrogen-bond acceptors (Lipinski definition) is 5. The highest BCUT2D eigenvalue weighted by molar-refractivity contribution is 14.1. The molecule has 1 aliphatic heterocycles. The largest absolute Gasteiger partial charge is 0.508 e. The summed E-state index contributed by atoms with van der Waals surface area (Å²) in [6, 6.07) is 25.9. The lowest BCUT2D eigenvalue weighted by molar-refractivity contribution is 0.270. The van der Waals surface area contributed by atoms with Crippen molar-refractivity contribution in [3.8, 4) is 11.5 Å². The van der Waals surface area contributed by atoms with Crippen molar-refractivity contribution in [3.05, 3.63) is 95.6 Å². The zero-order chi connectivity index (χ0) is 26.0. The summed E-state index contributed by atoms with van der Waals surface area (Å²) in [5.41, 5.74) is 5.51. The van der Waals surface area contributed by atoms with Gasteiger partial charge in [-0.3, -0.25) is 0 Å². The molecule has 0 aliphatic carbocycles. The second kappa shape index (κ2) is 14.0. The van der Waals surface area contributed by atoms with Crippen LogP contribution in [0.1, 0.15) is 36.5 Å². The van der Waals surface area contributed by atoms with Crippen LogP contribution < -0.4 is 10.1 Å². The predicted octanol–water partition coefficient (Wildman–Crippen LogP) is 6.01. The fraction of sp³-hybridized carbons (Fsp3) is 0.355. The minimum absolute atomic E-state index is 0.135. The van der Waals surface area contributed by atoms with Gasteiger partial charge < -0.3 is 20.3 Å². The first-order valence-corrected chi connectivity index (χ1v) is 14.0. The maximum atomic E-state index is 9.88. The summed E-state index contributed by atoms with van der Waals surface area (Å²) in [5.74, 6) is 2.52. The van der Waals surface area contributed by atoms with Crippen LogP contribution in [-0.2, 0) is 0 Å². The van der Waals surface area contributed by atoms with Crippen LogP contribution in [0.2, 0.25) is 0 Å². The quantitative estimate of drug-likeness (QED) is 0.133. The zero-order valence-corrected chi connectivity index (χ0v) is 23.6. The van der Waals surface area contributed by atoms with Gasteiger partial charge in [0.2, 0.25) is 0 Å². The number of phenols is 1. The molecule has 0 radical (unpaired) electrons. The summed E-state index contributed by atoms with van der Waals surface area (Å²) >= 11 is 2.41. The number of halogens is 1. The van der Waals surface area contributed by atoms with Crippen molar-refractivity contribution in [1.82, 2.24) is 8.43 Å². The monoisotopic (exact) mass is 612 g/mol. The van der Waals surface area contributed by atoms with E-state index in [4.69, 9.17) is 4.74 Å². The highest BCUT2D eigenvalue weighted by Gasteiger charge is 2.24. The van der Waals surface area contributed by atoms with Crippen LogP contribution in [0, 0.1) is 11.8 Å². The van der Waals surface area contributed by atoms with Gasteiger partial charge in [0.1, 0.15) is 18.1 Å². The van der Waals surface area contributed by atoms with Gasteiger partial charge in [0.25, 0.3) is 0 Å². The Labute approximate surface area is 234 Å². The summed E-state index contributed by atoms with van der Waals surface area (Å²) in [6.45, 7) is 7.27. The molecule has 1 heterocycles. The molecule has 1 fully saturated rings. The van der Waals surface area contributed by atoms with E-state index >= 15 is 0 Å². The van der Waals surface area contributed by atoms with E-state index in [0.717, 1.165) is 66.5 Å². The first-order valence-electron chi connectivity index (χ1n) is 13.1. The molecule has 5 nitrogen and oxygen atoms in total. The number of allylic oxidation sites excluding steroid dienone is 1. The van der Waals surface area contributed by atoms with E-state index in [-0.39, 0.29) is 12.4 Å². The summed E-state index contributed by atoms with van der Waals surface area (Å²) in [7, 11) is 0. The second-order valence-electron chi connectivity index (χ2n) is 9.73. The molecule has 0 saturated carbocycles. The van der Waals surface area contributed by atoms with Crippen LogP contribution in [0.4, 0.5) is 0 Å². The van der Waals surface area contributed by atoms with Gasteiger partial charge in [-0.2, -0.15) is 0 Å². The predicted molar refractivity (Wildman–Crippen MR) is 160 cm³/mol. The number of aliphatic hydroxyl groups excluding tert-OH is 1. The number of ether oxygens (including phenoxy) is 1. The number of aromatic hydroxyl groups is 1. The lowest BCUT2D eigenvalue weighted by atomic mass is 9.87. The molecular weight excluding hydrogens is 575 g/mol. The van der Waals surface area contributed by atoms with Crippen molar-refractivity contribution in [1.29, 1.82) is 0 Å². The molecule has 3 aromatic carbocycles. The van der Waals surface area contributed by atoms with Crippen molar-refractivity contribution < 1.29 is 14.9 Å². The first-order chi connectivity index (χ1) is 18.0. The Kier molecular flexibility index (Phi) is 10.4. The van der Waals surface area contributed by atoms with E-state index in [2.05, 4.69) is 62.5 Å². The number of aliphatic hydroxyl groups is 1. The molecule has 0 amide bonds. The second-order valence-corrected chi connectivity index (χ2v) is 11.1. The molecule has 6 heteroatoms. The van der Waals surface area contributed by atoms with Crippen LogP contribution >= 0.6 is 22.9 Å². The number of rotatable bonds is 12. The van der Waals surface area contributed by atoms with Gasteiger partial charge in [-0.05, 0) is 89.9 Å². The molecule has 0 aromatic heterocycles. The summed E-state index contributed by atoms with van der Waals surface area (Å²) < 4.78 is 8.42. The van der Waals surface area contributed by atoms with Gasteiger partial charge >= 0.3 is 0 Å². The molecule has 3 N–H and O–H groups in total. The molecule has 0 unspecified atom stereocenters. The third-order valence-corrected chi connectivity index (χ3v) is 7.90. The Morgan fingerprint density at radius 1 is 0.946 bits per heavy atom. The van der Waals surface area contributed by atoms with Gasteiger partial charge in [-0.15, -0.1) is 0 Å². The lowest BCUT2D eigenvalue weighted by Crippen LogP contribution is -2.28. The number of phenolic OH excluding ortho intramolecular Hbond substituents is 1. The molecule has 0 spiro atoms. The maximum absolute atomic E-state index is 9.88. The molecule has 0 bridgehead atoms. The smallest absolute Gasteiger partial charge is 0.119 e. The van der Waals surface area contributed by atoms with Gasteiger partial charge in [-0.1, -0.05) is 61.5 Å². The third-order valence-electron chi connectivity index (χ3n) is 7.02. The van der Waals surface area contributed by atoms with Gasteiger partial charge in [0.05, 0.1) is 0 Å². The molecule has 196 valence electrons. The van der Waals surface area contributed by atoms with Crippen molar-refractivity contribution in [2.45, 2.75) is 19.8 Å². The number of nitrogens with zero attached hydrogens (tertiary/aromatic N) is 1. The Morgan fingerprint density at radius 2 is 1.62 bits per heavy atom. The van der Waals surface area contributed by atoms with E-state index in [1.165, 1.54) is 5.57 Å². The number of nitrogens with one attached hydrogen (secondary N) is 1. The summed E-state index contributed by atoms with van der Waals surface area (Å²) in [4.78, 5) is 0. The van der Waals surface area contributed by atoms with Crippen molar-refractivity contribution >= 4 is 34.0 Å². The normalized spacial score (nSPS) is 18.2. The van der Waals surface area contributed by atoms with Gasteiger partial charge in [0, 0.05) is 42.6 Å². The topological polar surface area (TPSA) is 65.0 Å². The third kappa shape index (κ3) is 7.80. The Morgan fingerprint density at radius 3 is 2.24 bits per heavy atom. The van der Waals surface area contributed by atoms with Crippen molar-refractivity contribution in [2.75, 3.05) is 39.4 Å². The molecule has 3 aromatic rings. The molecule has 4 rings (SSSR count). The van der Waals surface area contributed by atoms with Gasteiger partial charge in [0.15, 0.2) is 0 Å². The maximum Gasteiger partial charge on any atom is 0.119 e. The average molecular weight is 613 g/mol. The van der Waals surface area contributed by atoms with Crippen molar-refractivity contribution in [3.63, 3.8) is 0 Å². The van der Waals surface area contributed by atoms with Crippen LogP contribution in [0.5, 0.6) is 11.5 Å². The fourth-order valence-corrected chi connectivity index (χ4v) is 5.59.